The molecule has 2 N–H and O–H groups in total. The molecular weight excluding hydrogens is 366 g/mol. The van der Waals surface area contributed by atoms with Crippen molar-refractivity contribution in [3.8, 4) is 0 Å². The number of thiocarbonyl (C=S) groups is 1. The summed E-state index contributed by atoms with van der Waals surface area (Å²) in [4.78, 5) is 13.9. The Morgan fingerprint density at radius 3 is 2.50 bits per heavy atom. The van der Waals surface area contributed by atoms with Crippen molar-refractivity contribution in [3.05, 3.63) is 59.7 Å². The molecule has 2 aromatic rings. The molecule has 0 unspecified atom stereocenters. The van der Waals surface area contributed by atoms with Crippen LogP contribution in [0.15, 0.2) is 48.5 Å². The monoisotopic (exact) mass is 393 g/mol. The Labute approximate surface area is 172 Å². The summed E-state index contributed by atoms with van der Waals surface area (Å²) in [6.07, 6.45) is 6.14. The van der Waals surface area contributed by atoms with E-state index in [0.29, 0.717) is 11.5 Å². The molecule has 4 nitrogen and oxygen atoms in total. The zero-order valence-electron chi connectivity index (χ0n) is 16.3. The number of rotatable bonds is 4. The highest BCUT2D eigenvalue weighted by molar-refractivity contribution is 7.80. The van der Waals surface area contributed by atoms with Crippen LogP contribution in [0.25, 0.3) is 0 Å². The molecule has 2 aliphatic rings. The van der Waals surface area contributed by atoms with Gasteiger partial charge in [0.1, 0.15) is 0 Å². The summed E-state index contributed by atoms with van der Waals surface area (Å²) < 4.78 is 0. The average molecular weight is 394 g/mol. The van der Waals surface area contributed by atoms with Gasteiger partial charge in [0.25, 0.3) is 0 Å². The highest BCUT2D eigenvalue weighted by atomic mass is 32.1. The van der Waals surface area contributed by atoms with E-state index in [9.17, 15) is 4.79 Å². The molecule has 1 aliphatic heterocycles. The Bertz CT molecular complexity index is 872. The van der Waals surface area contributed by atoms with E-state index < -0.39 is 0 Å². The van der Waals surface area contributed by atoms with E-state index in [0.717, 1.165) is 37.2 Å². The number of benzene rings is 2. The molecular formula is C23H27N3OS. The number of aryl methyl sites for hydroxylation is 1. The number of carbonyl (C=O) groups excluding carboxylic acids is 1. The first kappa shape index (κ1) is 18.9. The van der Waals surface area contributed by atoms with Crippen LogP contribution >= 0.6 is 12.2 Å². The van der Waals surface area contributed by atoms with Crippen LogP contribution in [0, 0.1) is 6.92 Å². The summed E-state index contributed by atoms with van der Waals surface area (Å²) in [5.41, 5.74) is 4.32. The molecule has 146 valence electrons. The van der Waals surface area contributed by atoms with Crippen LogP contribution in [-0.2, 0) is 10.3 Å². The van der Waals surface area contributed by atoms with Crippen molar-refractivity contribution < 1.29 is 4.79 Å². The van der Waals surface area contributed by atoms with E-state index in [1.54, 1.807) is 0 Å². The van der Waals surface area contributed by atoms with Gasteiger partial charge in [0.2, 0.25) is 5.91 Å². The molecule has 1 saturated heterocycles. The van der Waals surface area contributed by atoms with Gasteiger partial charge in [-0.05, 0) is 62.2 Å². The normalized spacial score (nSPS) is 18.3. The summed E-state index contributed by atoms with van der Waals surface area (Å²) in [5, 5.41) is 7.58. The van der Waals surface area contributed by atoms with Crippen LogP contribution in [0.2, 0.25) is 0 Å². The van der Waals surface area contributed by atoms with Gasteiger partial charge in [-0.1, -0.05) is 48.7 Å². The molecule has 2 aromatic carbocycles. The second-order valence-corrected chi connectivity index (χ2v) is 8.34. The van der Waals surface area contributed by atoms with E-state index >= 15 is 0 Å². The van der Waals surface area contributed by atoms with Crippen LogP contribution in [0.1, 0.15) is 49.7 Å². The van der Waals surface area contributed by atoms with Crippen molar-refractivity contribution >= 4 is 34.6 Å². The van der Waals surface area contributed by atoms with Gasteiger partial charge in [-0.15, -0.1) is 0 Å². The van der Waals surface area contributed by atoms with Crippen molar-refractivity contribution in [3.63, 3.8) is 0 Å². The molecule has 0 spiro atoms. The third-order valence-corrected chi connectivity index (χ3v) is 6.11. The summed E-state index contributed by atoms with van der Waals surface area (Å²) in [7, 11) is 0. The van der Waals surface area contributed by atoms with Gasteiger partial charge in [-0.2, -0.15) is 0 Å². The molecule has 1 heterocycles. The fraction of sp³-hybridized carbons (Fsp3) is 0.391. The molecule has 1 saturated carbocycles. The maximum Gasteiger partial charge on any atom is 0.227 e. The molecule has 0 radical (unpaired) electrons. The zero-order valence-corrected chi connectivity index (χ0v) is 17.1. The van der Waals surface area contributed by atoms with E-state index in [1.165, 1.54) is 24.0 Å². The minimum absolute atomic E-state index is 0.0969. The maximum absolute atomic E-state index is 12.0. The number of hydrogen-bond acceptors (Lipinski definition) is 2. The van der Waals surface area contributed by atoms with Crippen LogP contribution in [0.5, 0.6) is 0 Å². The Morgan fingerprint density at radius 1 is 1.07 bits per heavy atom. The summed E-state index contributed by atoms with van der Waals surface area (Å²) >= 11 is 5.67. The van der Waals surface area contributed by atoms with Crippen molar-refractivity contribution in [2.24, 2.45) is 0 Å². The van der Waals surface area contributed by atoms with Gasteiger partial charge in [0, 0.05) is 24.3 Å². The Kier molecular flexibility index (Phi) is 5.36. The molecule has 1 aliphatic carbocycles. The highest BCUT2D eigenvalue weighted by Crippen LogP contribution is 2.39. The average Bonchev–Trinajstić information content (AvgIpc) is 3.32. The molecule has 2 fully saturated rings. The Balaban J connectivity index is 1.49. The Hall–Kier alpha value is -2.40. The predicted molar refractivity (Wildman–Crippen MR) is 119 cm³/mol. The van der Waals surface area contributed by atoms with Gasteiger partial charge in [-0.25, -0.2) is 0 Å². The maximum atomic E-state index is 12.0. The SMILES string of the molecule is Cc1ccc(C2(NC(=S)Nc3cccc(N4CCCC4=O)c3)CCCC2)cc1. The van der Waals surface area contributed by atoms with Crippen molar-refractivity contribution in [1.82, 2.24) is 5.32 Å². The molecule has 0 atom stereocenters. The fourth-order valence-corrected chi connectivity index (χ4v) is 4.70. The van der Waals surface area contributed by atoms with Crippen molar-refractivity contribution in [1.29, 1.82) is 0 Å². The van der Waals surface area contributed by atoms with Gasteiger partial charge >= 0.3 is 0 Å². The highest BCUT2D eigenvalue weighted by Gasteiger charge is 2.36. The Morgan fingerprint density at radius 2 is 1.82 bits per heavy atom. The lowest BCUT2D eigenvalue weighted by Crippen LogP contribution is -2.45. The first-order chi connectivity index (χ1) is 13.6. The van der Waals surface area contributed by atoms with Crippen LogP contribution in [0.3, 0.4) is 0 Å². The minimum Gasteiger partial charge on any atom is -0.353 e. The molecule has 1 amide bonds. The lowest BCUT2D eigenvalue weighted by molar-refractivity contribution is -0.117. The quantitative estimate of drug-likeness (QED) is 0.727. The van der Waals surface area contributed by atoms with E-state index in [1.807, 2.05) is 29.2 Å². The topological polar surface area (TPSA) is 44.4 Å². The first-order valence-corrected chi connectivity index (χ1v) is 10.5. The van der Waals surface area contributed by atoms with Crippen LogP contribution < -0.4 is 15.5 Å². The third kappa shape index (κ3) is 3.90. The lowest BCUT2D eigenvalue weighted by Gasteiger charge is -2.32. The van der Waals surface area contributed by atoms with E-state index in [2.05, 4.69) is 41.8 Å². The number of amides is 1. The number of carbonyl (C=O) groups is 1. The number of anilines is 2. The number of nitrogens with zero attached hydrogens (tertiary/aromatic N) is 1. The molecule has 0 aromatic heterocycles. The zero-order chi connectivity index (χ0) is 19.6. The summed E-state index contributed by atoms with van der Waals surface area (Å²) in [6, 6.07) is 16.7. The summed E-state index contributed by atoms with van der Waals surface area (Å²) in [5.74, 6) is 0.196. The molecule has 5 heteroatoms. The second-order valence-electron chi connectivity index (χ2n) is 7.93. The first-order valence-electron chi connectivity index (χ1n) is 10.1. The van der Waals surface area contributed by atoms with Crippen molar-refractivity contribution in [2.45, 2.75) is 51.0 Å². The molecule has 4 rings (SSSR count). The van der Waals surface area contributed by atoms with Gasteiger partial charge in [-0.3, -0.25) is 4.79 Å². The van der Waals surface area contributed by atoms with Crippen LogP contribution in [-0.4, -0.2) is 17.6 Å². The van der Waals surface area contributed by atoms with Crippen LogP contribution in [0.4, 0.5) is 11.4 Å². The summed E-state index contributed by atoms with van der Waals surface area (Å²) in [6.45, 7) is 2.91. The largest absolute Gasteiger partial charge is 0.353 e. The van der Waals surface area contributed by atoms with E-state index in [-0.39, 0.29) is 11.4 Å². The number of nitrogens with one attached hydrogen (secondary N) is 2. The van der Waals surface area contributed by atoms with Crippen molar-refractivity contribution in [2.75, 3.05) is 16.8 Å². The van der Waals surface area contributed by atoms with E-state index in [4.69, 9.17) is 12.2 Å². The third-order valence-electron chi connectivity index (χ3n) is 5.90. The fourth-order valence-electron chi connectivity index (χ4n) is 4.39. The molecule has 28 heavy (non-hydrogen) atoms. The number of hydrogen-bond donors (Lipinski definition) is 2. The van der Waals surface area contributed by atoms with Gasteiger partial charge in [0.05, 0.1) is 5.54 Å². The molecule has 0 bridgehead atoms. The standard InChI is InChI=1S/C23H27N3OS/c1-17-9-11-18(12-10-17)23(13-2-3-14-23)25-22(28)24-19-6-4-7-20(16-19)26-15-5-8-21(26)27/h4,6-7,9-12,16H,2-3,5,8,13-15H2,1H3,(H2,24,25,28). The van der Waals surface area contributed by atoms with Gasteiger partial charge < -0.3 is 15.5 Å². The second kappa shape index (κ2) is 7.92. The smallest absolute Gasteiger partial charge is 0.227 e. The minimum atomic E-state index is -0.0969. The lowest BCUT2D eigenvalue weighted by atomic mass is 9.88. The predicted octanol–water partition coefficient (Wildman–Crippen LogP) is 4.88. The van der Waals surface area contributed by atoms with Gasteiger partial charge in [0.15, 0.2) is 5.11 Å².